The summed E-state index contributed by atoms with van der Waals surface area (Å²) in [7, 11) is 0. The third-order valence-corrected chi connectivity index (χ3v) is 3.05. The van der Waals surface area contributed by atoms with Gasteiger partial charge in [0.25, 0.3) is 0 Å². The van der Waals surface area contributed by atoms with Crippen LogP contribution in [0.2, 0.25) is 0 Å². The fourth-order valence-corrected chi connectivity index (χ4v) is 1.42. The molecule has 1 amide bonds. The highest BCUT2D eigenvalue weighted by atomic mass is 79.9. The van der Waals surface area contributed by atoms with E-state index >= 15 is 0 Å². The molecule has 0 spiro atoms. The zero-order chi connectivity index (χ0) is 12.3. The number of rotatable bonds is 4. The van der Waals surface area contributed by atoms with Crippen LogP contribution in [0.1, 0.15) is 20.8 Å². The van der Waals surface area contributed by atoms with Gasteiger partial charge in [0.2, 0.25) is 5.91 Å². The van der Waals surface area contributed by atoms with Crippen LogP contribution in [0.4, 0.5) is 5.82 Å². The SMILES string of the molecule is CC(C)C(C)NC(=O)Cn1cc(Br)c(N)n1. The third-order valence-electron chi connectivity index (χ3n) is 2.44. The van der Waals surface area contributed by atoms with Crippen LogP contribution >= 0.6 is 15.9 Å². The van der Waals surface area contributed by atoms with Gasteiger partial charge in [-0.25, -0.2) is 0 Å². The Kier molecular flexibility index (Phi) is 4.35. The number of nitrogens with two attached hydrogens (primary N) is 1. The Morgan fingerprint density at radius 2 is 2.25 bits per heavy atom. The topological polar surface area (TPSA) is 72.9 Å². The van der Waals surface area contributed by atoms with Crippen molar-refractivity contribution in [1.29, 1.82) is 0 Å². The Morgan fingerprint density at radius 1 is 1.62 bits per heavy atom. The van der Waals surface area contributed by atoms with E-state index in [9.17, 15) is 4.79 Å². The van der Waals surface area contributed by atoms with E-state index in [1.165, 1.54) is 4.68 Å². The van der Waals surface area contributed by atoms with E-state index in [4.69, 9.17) is 5.73 Å². The molecular formula is C10H17BrN4O. The van der Waals surface area contributed by atoms with Crippen LogP contribution in [0.25, 0.3) is 0 Å². The molecule has 1 aromatic rings. The van der Waals surface area contributed by atoms with Crippen molar-refractivity contribution in [2.24, 2.45) is 5.92 Å². The van der Waals surface area contributed by atoms with Gasteiger partial charge < -0.3 is 11.1 Å². The van der Waals surface area contributed by atoms with Crippen LogP contribution in [-0.4, -0.2) is 21.7 Å². The molecule has 6 heteroatoms. The van der Waals surface area contributed by atoms with Crippen LogP contribution in [0.3, 0.4) is 0 Å². The summed E-state index contributed by atoms with van der Waals surface area (Å²) in [5.74, 6) is 0.749. The first-order valence-corrected chi connectivity index (χ1v) is 5.97. The molecule has 0 aliphatic heterocycles. The maximum Gasteiger partial charge on any atom is 0.241 e. The van der Waals surface area contributed by atoms with Crippen molar-refractivity contribution in [2.45, 2.75) is 33.4 Å². The molecule has 1 unspecified atom stereocenters. The molecule has 1 heterocycles. The Morgan fingerprint density at radius 3 is 2.69 bits per heavy atom. The number of hydrogen-bond donors (Lipinski definition) is 2. The van der Waals surface area contributed by atoms with E-state index in [-0.39, 0.29) is 18.5 Å². The summed E-state index contributed by atoms with van der Waals surface area (Å²) in [6.45, 7) is 6.30. The van der Waals surface area contributed by atoms with Gasteiger partial charge in [-0.3, -0.25) is 9.48 Å². The van der Waals surface area contributed by atoms with Crippen LogP contribution < -0.4 is 11.1 Å². The number of amides is 1. The van der Waals surface area contributed by atoms with Crippen LogP contribution in [-0.2, 0) is 11.3 Å². The summed E-state index contributed by atoms with van der Waals surface area (Å²) in [5.41, 5.74) is 5.56. The van der Waals surface area contributed by atoms with Gasteiger partial charge in [0.1, 0.15) is 6.54 Å². The molecular weight excluding hydrogens is 272 g/mol. The molecule has 90 valence electrons. The Hall–Kier alpha value is -1.04. The van der Waals surface area contributed by atoms with Crippen molar-refractivity contribution in [3.8, 4) is 0 Å². The van der Waals surface area contributed by atoms with E-state index < -0.39 is 0 Å². The fraction of sp³-hybridized carbons (Fsp3) is 0.600. The second-order valence-electron chi connectivity index (χ2n) is 4.16. The highest BCUT2D eigenvalue weighted by Gasteiger charge is 2.12. The van der Waals surface area contributed by atoms with Gasteiger partial charge in [-0.15, -0.1) is 0 Å². The third kappa shape index (κ3) is 3.52. The normalized spacial score (nSPS) is 12.8. The van der Waals surface area contributed by atoms with Gasteiger partial charge in [-0.2, -0.15) is 5.10 Å². The summed E-state index contributed by atoms with van der Waals surface area (Å²) < 4.78 is 2.22. The number of hydrogen-bond acceptors (Lipinski definition) is 3. The maximum absolute atomic E-state index is 11.6. The molecule has 1 atom stereocenters. The highest BCUT2D eigenvalue weighted by molar-refractivity contribution is 9.10. The average molecular weight is 289 g/mol. The largest absolute Gasteiger partial charge is 0.381 e. The number of anilines is 1. The first-order valence-electron chi connectivity index (χ1n) is 5.18. The zero-order valence-electron chi connectivity index (χ0n) is 9.70. The highest BCUT2D eigenvalue weighted by Crippen LogP contribution is 2.15. The van der Waals surface area contributed by atoms with E-state index in [0.717, 1.165) is 0 Å². The summed E-state index contributed by atoms with van der Waals surface area (Å²) in [4.78, 5) is 11.6. The predicted molar refractivity (Wildman–Crippen MR) is 66.8 cm³/mol. The summed E-state index contributed by atoms with van der Waals surface area (Å²) >= 11 is 3.24. The quantitative estimate of drug-likeness (QED) is 0.879. The first kappa shape index (κ1) is 13.0. The lowest BCUT2D eigenvalue weighted by atomic mass is 10.1. The van der Waals surface area contributed by atoms with E-state index in [2.05, 4.69) is 40.2 Å². The number of carbonyl (C=O) groups excluding carboxylic acids is 1. The zero-order valence-corrected chi connectivity index (χ0v) is 11.3. The number of halogens is 1. The molecule has 0 aliphatic carbocycles. The van der Waals surface area contributed by atoms with Crippen molar-refractivity contribution in [3.05, 3.63) is 10.7 Å². The lowest BCUT2D eigenvalue weighted by Crippen LogP contribution is -2.38. The summed E-state index contributed by atoms with van der Waals surface area (Å²) in [6.07, 6.45) is 1.69. The second-order valence-corrected chi connectivity index (χ2v) is 5.01. The summed E-state index contributed by atoms with van der Waals surface area (Å²) in [6, 6.07) is 0.156. The van der Waals surface area contributed by atoms with Crippen LogP contribution in [0.15, 0.2) is 10.7 Å². The van der Waals surface area contributed by atoms with Crippen molar-refractivity contribution < 1.29 is 4.79 Å². The van der Waals surface area contributed by atoms with Crippen molar-refractivity contribution in [3.63, 3.8) is 0 Å². The number of nitrogen functional groups attached to an aromatic ring is 1. The van der Waals surface area contributed by atoms with Crippen LogP contribution in [0.5, 0.6) is 0 Å². The van der Waals surface area contributed by atoms with Crippen molar-refractivity contribution in [1.82, 2.24) is 15.1 Å². The standard InChI is InChI=1S/C10H17BrN4O/c1-6(2)7(3)13-9(16)5-15-4-8(11)10(12)14-15/h4,6-7H,5H2,1-3H3,(H2,12,14)(H,13,16). The molecule has 0 saturated carbocycles. The molecule has 1 rings (SSSR count). The van der Waals surface area contributed by atoms with Crippen molar-refractivity contribution >= 4 is 27.7 Å². The Balaban J connectivity index is 2.52. The molecule has 0 aromatic carbocycles. The Labute approximate surface area is 104 Å². The minimum absolute atomic E-state index is 0.0591. The van der Waals surface area contributed by atoms with E-state index in [1.54, 1.807) is 6.20 Å². The van der Waals surface area contributed by atoms with E-state index in [0.29, 0.717) is 16.2 Å². The number of nitrogens with zero attached hydrogens (tertiary/aromatic N) is 2. The fourth-order valence-electron chi connectivity index (χ4n) is 1.11. The number of nitrogens with one attached hydrogen (secondary N) is 1. The average Bonchev–Trinajstić information content (AvgIpc) is 2.45. The first-order chi connectivity index (χ1) is 7.40. The molecule has 0 aliphatic rings. The molecule has 5 nitrogen and oxygen atoms in total. The molecule has 0 saturated heterocycles. The second kappa shape index (κ2) is 5.34. The Bertz CT molecular complexity index is 355. The van der Waals surface area contributed by atoms with Gasteiger partial charge in [0.05, 0.1) is 4.47 Å². The minimum Gasteiger partial charge on any atom is -0.381 e. The molecule has 0 radical (unpaired) electrons. The lowest BCUT2D eigenvalue weighted by molar-refractivity contribution is -0.122. The predicted octanol–water partition coefficient (Wildman–Crippen LogP) is 1.39. The number of carbonyl (C=O) groups is 1. The summed E-state index contributed by atoms with van der Waals surface area (Å²) in [5, 5.41) is 6.89. The van der Waals surface area contributed by atoms with Gasteiger partial charge in [-0.05, 0) is 28.8 Å². The molecule has 16 heavy (non-hydrogen) atoms. The monoisotopic (exact) mass is 288 g/mol. The van der Waals surface area contributed by atoms with Gasteiger partial charge in [0.15, 0.2) is 5.82 Å². The smallest absolute Gasteiger partial charge is 0.241 e. The molecule has 3 N–H and O–H groups in total. The van der Waals surface area contributed by atoms with Gasteiger partial charge >= 0.3 is 0 Å². The number of aromatic nitrogens is 2. The maximum atomic E-state index is 11.6. The molecule has 1 aromatic heterocycles. The van der Waals surface area contributed by atoms with Crippen LogP contribution in [0, 0.1) is 5.92 Å². The molecule has 0 bridgehead atoms. The van der Waals surface area contributed by atoms with Crippen molar-refractivity contribution in [2.75, 3.05) is 5.73 Å². The molecule has 0 fully saturated rings. The lowest BCUT2D eigenvalue weighted by Gasteiger charge is -2.17. The van der Waals surface area contributed by atoms with Gasteiger partial charge in [-0.1, -0.05) is 13.8 Å². The van der Waals surface area contributed by atoms with Gasteiger partial charge in [0, 0.05) is 12.2 Å². The van der Waals surface area contributed by atoms with E-state index in [1.807, 2.05) is 6.92 Å². The minimum atomic E-state index is -0.0591.